The molecule has 4 aromatic rings. The maximum absolute atomic E-state index is 16.9. The Morgan fingerprint density at radius 2 is 1.63 bits per heavy atom. The molecule has 316 valence electrons. The van der Waals surface area contributed by atoms with Crippen LogP contribution in [0.1, 0.15) is 58.7 Å². The molecule has 4 atom stereocenters. The molecule has 1 aliphatic carbocycles. The standard InChI is InChI=1S/C45H48ClFN4O9/c1-28-36(37-9-6-12-45(47,29(37)2)33-7-4-3-5-8-33)10-11-40(58-14-13-49-24-34(52)17-43(54)55)38(28)27-60-42-19-41(59-26-31-15-30(20-48)21-50-22-31)32(16-39(42)46)23-51-25-35(53)18-44(56)57/h3-12,15-16,19,21-22,29,34-35,49,51-53H,13-14,17-18,23-27H2,1-2H3,(H,54,55)(H,56,57)/t29?,34-,35-,45?/m0/s1. The fraction of sp³-hybridized carbons (Fsp3) is 0.333. The summed E-state index contributed by atoms with van der Waals surface area (Å²) in [5.74, 6) is -1.69. The molecule has 15 heteroatoms. The van der Waals surface area contributed by atoms with Crippen LogP contribution in [0.4, 0.5) is 4.39 Å². The summed E-state index contributed by atoms with van der Waals surface area (Å²) in [5.41, 5.74) is 3.35. The molecule has 0 aliphatic heterocycles. The van der Waals surface area contributed by atoms with Crippen molar-refractivity contribution in [1.29, 1.82) is 5.26 Å². The molecule has 1 aliphatic rings. The zero-order valence-corrected chi connectivity index (χ0v) is 34.0. The van der Waals surface area contributed by atoms with Crippen LogP contribution < -0.4 is 24.8 Å². The van der Waals surface area contributed by atoms with E-state index in [4.69, 9.17) is 36.0 Å². The summed E-state index contributed by atoms with van der Waals surface area (Å²) in [5, 5.41) is 53.6. The summed E-state index contributed by atoms with van der Waals surface area (Å²) in [6, 6.07) is 19.7. The second kappa shape index (κ2) is 21.4. The molecule has 0 bridgehead atoms. The smallest absolute Gasteiger partial charge is 0.306 e. The van der Waals surface area contributed by atoms with E-state index in [-0.39, 0.29) is 50.2 Å². The molecule has 6 N–H and O–H groups in total. The second-order valence-corrected chi connectivity index (χ2v) is 14.8. The van der Waals surface area contributed by atoms with Crippen LogP contribution in [-0.4, -0.2) is 75.8 Å². The number of aliphatic hydroxyl groups excluding tert-OH is 2. The van der Waals surface area contributed by atoms with Crippen LogP contribution in [0.3, 0.4) is 0 Å². The lowest BCUT2D eigenvalue weighted by molar-refractivity contribution is -0.140. The number of halogens is 2. The van der Waals surface area contributed by atoms with Crippen molar-refractivity contribution in [2.45, 2.75) is 64.3 Å². The number of aliphatic hydroxyl groups is 2. The first-order valence-electron chi connectivity index (χ1n) is 19.3. The number of aromatic nitrogens is 1. The van der Waals surface area contributed by atoms with E-state index in [1.165, 1.54) is 6.20 Å². The van der Waals surface area contributed by atoms with Crippen LogP contribution in [0.2, 0.25) is 5.02 Å². The number of carboxylic acid groups (broad SMARTS) is 2. The number of aliphatic carboxylic acids is 2. The van der Waals surface area contributed by atoms with Gasteiger partial charge < -0.3 is 45.3 Å². The van der Waals surface area contributed by atoms with E-state index < -0.39 is 48.6 Å². The van der Waals surface area contributed by atoms with Gasteiger partial charge in [0.25, 0.3) is 0 Å². The minimum Gasteiger partial charge on any atom is -0.492 e. The fourth-order valence-corrected chi connectivity index (χ4v) is 7.09. The number of nitriles is 1. The van der Waals surface area contributed by atoms with Gasteiger partial charge in [-0.05, 0) is 53.5 Å². The zero-order valence-electron chi connectivity index (χ0n) is 33.2. The van der Waals surface area contributed by atoms with Gasteiger partial charge in [-0.2, -0.15) is 5.26 Å². The minimum atomic E-state index is -1.76. The number of hydrogen-bond acceptors (Lipinski definition) is 11. The lowest BCUT2D eigenvalue weighted by atomic mass is 9.73. The number of alkyl halides is 1. The molecule has 3 aromatic carbocycles. The third-order valence-electron chi connectivity index (χ3n) is 10.0. The molecule has 0 amide bonds. The number of rotatable bonds is 22. The highest BCUT2D eigenvalue weighted by Crippen LogP contribution is 2.47. The molecule has 0 saturated carbocycles. The molecular weight excluding hydrogens is 795 g/mol. The molecule has 0 fully saturated rings. The van der Waals surface area contributed by atoms with Gasteiger partial charge in [-0.1, -0.05) is 67.1 Å². The van der Waals surface area contributed by atoms with Crippen molar-refractivity contribution >= 4 is 29.1 Å². The number of ether oxygens (including phenoxy) is 3. The molecular formula is C45H48ClFN4O9. The Kier molecular flexibility index (Phi) is 16.2. The predicted octanol–water partition coefficient (Wildman–Crippen LogP) is 6.26. The van der Waals surface area contributed by atoms with Gasteiger partial charge in [0.1, 0.15) is 43.1 Å². The highest BCUT2D eigenvalue weighted by Gasteiger charge is 2.40. The van der Waals surface area contributed by atoms with Crippen LogP contribution >= 0.6 is 11.6 Å². The Morgan fingerprint density at radius 3 is 2.33 bits per heavy atom. The van der Waals surface area contributed by atoms with Crippen LogP contribution in [-0.2, 0) is 35.0 Å². The van der Waals surface area contributed by atoms with Gasteiger partial charge in [-0.15, -0.1) is 0 Å². The average Bonchev–Trinajstić information content (AvgIpc) is 3.21. The van der Waals surface area contributed by atoms with Gasteiger partial charge in [0.15, 0.2) is 5.67 Å². The summed E-state index contributed by atoms with van der Waals surface area (Å²) < 4.78 is 35.7. The third-order valence-corrected chi connectivity index (χ3v) is 10.3. The molecule has 2 unspecified atom stereocenters. The monoisotopic (exact) mass is 842 g/mol. The van der Waals surface area contributed by atoms with E-state index in [0.717, 1.165) is 16.7 Å². The number of allylic oxidation sites excluding steroid dienone is 4. The van der Waals surface area contributed by atoms with E-state index >= 15 is 4.39 Å². The van der Waals surface area contributed by atoms with Gasteiger partial charge >= 0.3 is 11.9 Å². The molecule has 0 radical (unpaired) electrons. The first-order valence-corrected chi connectivity index (χ1v) is 19.7. The van der Waals surface area contributed by atoms with E-state index in [0.29, 0.717) is 45.9 Å². The summed E-state index contributed by atoms with van der Waals surface area (Å²) in [4.78, 5) is 26.1. The number of carboxylic acids is 2. The van der Waals surface area contributed by atoms with Gasteiger partial charge in [0.05, 0.1) is 35.6 Å². The summed E-state index contributed by atoms with van der Waals surface area (Å²) in [7, 11) is 0. The fourth-order valence-electron chi connectivity index (χ4n) is 6.85. The summed E-state index contributed by atoms with van der Waals surface area (Å²) in [6.45, 7) is 4.44. The molecule has 1 heterocycles. The number of hydrogen-bond donors (Lipinski definition) is 6. The van der Waals surface area contributed by atoms with Crippen LogP contribution in [0.15, 0.2) is 91.3 Å². The number of benzene rings is 3. The van der Waals surface area contributed by atoms with Crippen molar-refractivity contribution < 1.29 is 48.6 Å². The number of nitrogens with zero attached hydrogens (tertiary/aromatic N) is 2. The van der Waals surface area contributed by atoms with Crippen molar-refractivity contribution in [2.24, 2.45) is 5.92 Å². The maximum atomic E-state index is 16.9. The highest BCUT2D eigenvalue weighted by atomic mass is 35.5. The number of carbonyl (C=O) groups is 2. The molecule has 0 saturated heterocycles. The third kappa shape index (κ3) is 12.1. The minimum absolute atomic E-state index is 0.00765. The molecule has 60 heavy (non-hydrogen) atoms. The van der Waals surface area contributed by atoms with E-state index in [1.54, 1.807) is 54.7 Å². The first kappa shape index (κ1) is 45.3. The summed E-state index contributed by atoms with van der Waals surface area (Å²) >= 11 is 6.81. The molecule has 13 nitrogen and oxygen atoms in total. The second-order valence-electron chi connectivity index (χ2n) is 14.4. The summed E-state index contributed by atoms with van der Waals surface area (Å²) in [6.07, 6.45) is 5.21. The van der Waals surface area contributed by atoms with E-state index in [1.807, 2.05) is 44.2 Å². The Bertz CT molecular complexity index is 2230. The Hall–Kier alpha value is -5.82. The first-order chi connectivity index (χ1) is 28.8. The van der Waals surface area contributed by atoms with Crippen LogP contribution in [0, 0.1) is 24.2 Å². The van der Waals surface area contributed by atoms with Crippen molar-refractivity contribution in [3.63, 3.8) is 0 Å². The van der Waals surface area contributed by atoms with Crippen molar-refractivity contribution in [3.8, 4) is 23.3 Å². The van der Waals surface area contributed by atoms with Crippen molar-refractivity contribution in [2.75, 3.05) is 26.2 Å². The Labute approximate surface area is 352 Å². The van der Waals surface area contributed by atoms with Crippen LogP contribution in [0.5, 0.6) is 17.2 Å². The van der Waals surface area contributed by atoms with Crippen LogP contribution in [0.25, 0.3) is 5.57 Å². The van der Waals surface area contributed by atoms with Gasteiger partial charge in [-0.25, -0.2) is 4.39 Å². The van der Waals surface area contributed by atoms with E-state index in [9.17, 15) is 25.1 Å². The SMILES string of the molecule is Cc1c(C2=CC=CC(F)(c3ccccc3)C2C)ccc(OCCNC[C@@H](O)CC(=O)O)c1COc1cc(OCc2cncc(C#N)c2)c(CNC[C@@H](O)CC(=O)O)cc1Cl. The topological polar surface area (TPSA) is 203 Å². The highest BCUT2D eigenvalue weighted by molar-refractivity contribution is 6.32. The number of nitrogens with one attached hydrogen (secondary N) is 2. The van der Waals surface area contributed by atoms with E-state index in [2.05, 4.69) is 21.7 Å². The largest absolute Gasteiger partial charge is 0.492 e. The molecule has 0 spiro atoms. The number of pyridine rings is 1. The maximum Gasteiger partial charge on any atom is 0.306 e. The van der Waals surface area contributed by atoms with Crippen molar-refractivity contribution in [1.82, 2.24) is 15.6 Å². The average molecular weight is 843 g/mol. The Morgan fingerprint density at radius 1 is 0.933 bits per heavy atom. The normalized spacial score (nSPS) is 16.9. The lowest BCUT2D eigenvalue weighted by Crippen LogP contribution is -2.31. The lowest BCUT2D eigenvalue weighted by Gasteiger charge is -2.34. The van der Waals surface area contributed by atoms with Gasteiger partial charge in [0, 0.05) is 67.2 Å². The van der Waals surface area contributed by atoms with Crippen molar-refractivity contribution in [3.05, 3.63) is 135 Å². The zero-order chi connectivity index (χ0) is 43.2. The molecule has 1 aromatic heterocycles. The predicted molar refractivity (Wildman–Crippen MR) is 222 cm³/mol. The quantitative estimate of drug-likeness (QED) is 0.0485. The molecule has 5 rings (SSSR count). The van der Waals surface area contributed by atoms with Gasteiger partial charge in [-0.3, -0.25) is 14.6 Å². The van der Waals surface area contributed by atoms with Gasteiger partial charge in [0.2, 0.25) is 0 Å². The Balaban J connectivity index is 1.43.